The molecule has 0 unspecified atom stereocenters. The van der Waals surface area contributed by atoms with Crippen molar-refractivity contribution in [3.05, 3.63) is 52.5 Å². The number of nitrogens with one attached hydrogen (secondary N) is 3. The number of piperidine rings is 1. The van der Waals surface area contributed by atoms with Gasteiger partial charge in [-0.25, -0.2) is 13.2 Å². The second kappa shape index (κ2) is 9.86. The van der Waals surface area contributed by atoms with E-state index in [-0.39, 0.29) is 29.9 Å². The van der Waals surface area contributed by atoms with Crippen molar-refractivity contribution in [2.75, 3.05) is 23.7 Å². The van der Waals surface area contributed by atoms with Gasteiger partial charge in [-0.1, -0.05) is 23.2 Å². The Morgan fingerprint density at radius 3 is 2.13 bits per heavy atom. The van der Waals surface area contributed by atoms with E-state index in [0.717, 1.165) is 0 Å². The summed E-state index contributed by atoms with van der Waals surface area (Å²) in [6, 6.07) is 10.3. The molecule has 3 N–H and O–H groups in total. The third-order valence-electron chi connectivity index (χ3n) is 4.78. The van der Waals surface area contributed by atoms with Crippen molar-refractivity contribution < 1.29 is 18.0 Å². The van der Waals surface area contributed by atoms with Crippen LogP contribution in [0.25, 0.3) is 0 Å². The van der Waals surface area contributed by atoms with Crippen LogP contribution in [0.3, 0.4) is 0 Å². The van der Waals surface area contributed by atoms with E-state index in [1.54, 1.807) is 30.3 Å². The van der Waals surface area contributed by atoms with Crippen LogP contribution in [0, 0.1) is 0 Å². The molecule has 0 bridgehead atoms. The zero-order chi connectivity index (χ0) is 22.6. The summed E-state index contributed by atoms with van der Waals surface area (Å²) in [5, 5.41) is 8.87. The standard InChI is InChI=1S/C20H22Cl2N4O4S/c1-13(27)23-14-2-5-17(6-3-14)31(29,30)26-10-8-15(9-11-26)24-20(28)25-16-4-7-18(21)19(22)12-16/h2-7,12,15H,8-11H2,1H3,(H,23,27)(H2,24,25,28). The van der Waals surface area contributed by atoms with E-state index >= 15 is 0 Å². The van der Waals surface area contributed by atoms with Gasteiger partial charge in [-0.3, -0.25) is 4.79 Å². The summed E-state index contributed by atoms with van der Waals surface area (Å²) in [5.41, 5.74) is 1.04. The number of carbonyl (C=O) groups excluding carboxylic acids is 2. The van der Waals surface area contributed by atoms with Crippen molar-refractivity contribution in [3.8, 4) is 0 Å². The van der Waals surface area contributed by atoms with Gasteiger partial charge in [0.15, 0.2) is 0 Å². The van der Waals surface area contributed by atoms with E-state index in [0.29, 0.717) is 34.3 Å². The topological polar surface area (TPSA) is 108 Å². The van der Waals surface area contributed by atoms with Gasteiger partial charge in [0, 0.05) is 37.4 Å². The minimum atomic E-state index is -3.65. The van der Waals surface area contributed by atoms with Gasteiger partial charge in [0.25, 0.3) is 0 Å². The zero-order valence-electron chi connectivity index (χ0n) is 16.7. The molecule has 8 nitrogen and oxygen atoms in total. The molecule has 1 aliphatic heterocycles. The number of amides is 3. The lowest BCUT2D eigenvalue weighted by molar-refractivity contribution is -0.114. The second-order valence-corrected chi connectivity index (χ2v) is 9.86. The lowest BCUT2D eigenvalue weighted by Crippen LogP contribution is -2.47. The van der Waals surface area contributed by atoms with Crippen molar-refractivity contribution >= 4 is 56.5 Å². The van der Waals surface area contributed by atoms with Crippen LogP contribution in [0.4, 0.5) is 16.2 Å². The summed E-state index contributed by atoms with van der Waals surface area (Å²) >= 11 is 11.8. The minimum Gasteiger partial charge on any atom is -0.335 e. The molecule has 3 amide bonds. The van der Waals surface area contributed by atoms with Gasteiger partial charge in [-0.15, -0.1) is 0 Å². The Morgan fingerprint density at radius 1 is 0.935 bits per heavy atom. The number of hydrogen-bond acceptors (Lipinski definition) is 4. The van der Waals surface area contributed by atoms with E-state index in [2.05, 4.69) is 16.0 Å². The fourth-order valence-electron chi connectivity index (χ4n) is 3.23. The molecule has 0 saturated carbocycles. The first-order chi connectivity index (χ1) is 14.6. The van der Waals surface area contributed by atoms with Crippen LogP contribution in [0.15, 0.2) is 47.4 Å². The maximum Gasteiger partial charge on any atom is 0.319 e. The number of nitrogens with zero attached hydrogens (tertiary/aromatic N) is 1. The lowest BCUT2D eigenvalue weighted by atomic mass is 10.1. The summed E-state index contributed by atoms with van der Waals surface area (Å²) in [7, 11) is -3.65. The predicted octanol–water partition coefficient (Wildman–Crippen LogP) is 3.93. The molecule has 0 spiro atoms. The molecule has 1 saturated heterocycles. The summed E-state index contributed by atoms with van der Waals surface area (Å²) in [6.07, 6.45) is 0.968. The fraction of sp³-hybridized carbons (Fsp3) is 0.300. The first-order valence-corrected chi connectivity index (χ1v) is 11.7. The molecule has 1 aliphatic rings. The molecule has 3 rings (SSSR count). The second-order valence-electron chi connectivity index (χ2n) is 7.11. The van der Waals surface area contributed by atoms with Crippen LogP contribution in [-0.4, -0.2) is 43.8 Å². The van der Waals surface area contributed by atoms with E-state index < -0.39 is 16.1 Å². The number of anilines is 2. The number of halogens is 2. The predicted molar refractivity (Wildman–Crippen MR) is 121 cm³/mol. The number of carbonyl (C=O) groups is 2. The van der Waals surface area contributed by atoms with Crippen molar-refractivity contribution in [2.45, 2.75) is 30.7 Å². The molecule has 0 aromatic heterocycles. The molecule has 0 radical (unpaired) electrons. The third kappa shape index (κ3) is 6.10. The first kappa shape index (κ1) is 23.3. The van der Waals surface area contributed by atoms with Crippen molar-refractivity contribution in [2.24, 2.45) is 0 Å². The van der Waals surface area contributed by atoms with E-state index in [4.69, 9.17) is 23.2 Å². The Hall–Kier alpha value is -2.33. The van der Waals surface area contributed by atoms with Gasteiger partial charge < -0.3 is 16.0 Å². The van der Waals surface area contributed by atoms with Crippen molar-refractivity contribution in [3.63, 3.8) is 0 Å². The molecule has 31 heavy (non-hydrogen) atoms. The Morgan fingerprint density at radius 2 is 1.55 bits per heavy atom. The molecule has 1 heterocycles. The van der Waals surface area contributed by atoms with Gasteiger partial charge in [-0.2, -0.15) is 4.31 Å². The smallest absolute Gasteiger partial charge is 0.319 e. The van der Waals surface area contributed by atoms with Gasteiger partial charge in [0.05, 0.1) is 14.9 Å². The van der Waals surface area contributed by atoms with Crippen LogP contribution >= 0.6 is 23.2 Å². The molecule has 0 aliphatic carbocycles. The van der Waals surface area contributed by atoms with Gasteiger partial charge in [0.2, 0.25) is 15.9 Å². The molecular weight excluding hydrogens is 463 g/mol. The summed E-state index contributed by atoms with van der Waals surface area (Å²) in [6.45, 7) is 1.95. The highest BCUT2D eigenvalue weighted by Crippen LogP contribution is 2.25. The number of sulfonamides is 1. The quantitative estimate of drug-likeness (QED) is 0.597. The number of benzene rings is 2. The number of hydrogen-bond donors (Lipinski definition) is 3. The molecule has 1 fully saturated rings. The van der Waals surface area contributed by atoms with E-state index in [1.807, 2.05) is 0 Å². The van der Waals surface area contributed by atoms with E-state index in [9.17, 15) is 18.0 Å². The highest BCUT2D eigenvalue weighted by molar-refractivity contribution is 7.89. The summed E-state index contributed by atoms with van der Waals surface area (Å²) < 4.78 is 27.1. The van der Waals surface area contributed by atoms with Gasteiger partial charge in [-0.05, 0) is 55.3 Å². The van der Waals surface area contributed by atoms with Crippen LogP contribution in [0.1, 0.15) is 19.8 Å². The number of urea groups is 1. The maximum atomic E-state index is 12.9. The summed E-state index contributed by atoms with van der Waals surface area (Å²) in [4.78, 5) is 23.5. The lowest BCUT2D eigenvalue weighted by Gasteiger charge is -2.31. The molecule has 0 atom stereocenters. The normalized spacial score (nSPS) is 15.3. The highest BCUT2D eigenvalue weighted by Gasteiger charge is 2.30. The Bertz CT molecular complexity index is 1070. The fourth-order valence-corrected chi connectivity index (χ4v) is 5.00. The zero-order valence-corrected chi connectivity index (χ0v) is 19.0. The average molecular weight is 485 g/mol. The Kier molecular flexibility index (Phi) is 7.42. The van der Waals surface area contributed by atoms with Crippen LogP contribution in [0.5, 0.6) is 0 Å². The summed E-state index contributed by atoms with van der Waals surface area (Å²) in [5.74, 6) is -0.228. The minimum absolute atomic E-state index is 0.156. The van der Waals surface area contributed by atoms with Crippen LogP contribution < -0.4 is 16.0 Å². The highest BCUT2D eigenvalue weighted by atomic mass is 35.5. The average Bonchev–Trinajstić information content (AvgIpc) is 2.71. The molecule has 166 valence electrons. The molecular formula is C20H22Cl2N4O4S. The largest absolute Gasteiger partial charge is 0.335 e. The van der Waals surface area contributed by atoms with Gasteiger partial charge in [0.1, 0.15) is 0 Å². The maximum absolute atomic E-state index is 12.9. The molecule has 11 heteroatoms. The monoisotopic (exact) mass is 484 g/mol. The third-order valence-corrected chi connectivity index (χ3v) is 7.43. The van der Waals surface area contributed by atoms with Crippen LogP contribution in [0.2, 0.25) is 10.0 Å². The molecule has 2 aromatic rings. The molecule has 2 aromatic carbocycles. The van der Waals surface area contributed by atoms with Crippen molar-refractivity contribution in [1.29, 1.82) is 0 Å². The van der Waals surface area contributed by atoms with E-state index in [1.165, 1.54) is 23.4 Å². The van der Waals surface area contributed by atoms with Gasteiger partial charge >= 0.3 is 6.03 Å². The Balaban J connectivity index is 1.54. The first-order valence-electron chi connectivity index (χ1n) is 9.55. The van der Waals surface area contributed by atoms with Crippen LogP contribution in [-0.2, 0) is 14.8 Å². The number of rotatable bonds is 5. The Labute approximate surface area is 191 Å². The SMILES string of the molecule is CC(=O)Nc1ccc(S(=O)(=O)N2CCC(NC(=O)Nc3ccc(Cl)c(Cl)c3)CC2)cc1. The van der Waals surface area contributed by atoms with Crippen molar-refractivity contribution in [1.82, 2.24) is 9.62 Å².